The Hall–Kier alpha value is -3.92. The number of allylic oxidation sites excluding steroid dienone is 1. The van der Waals surface area contributed by atoms with Gasteiger partial charge in [-0.15, -0.1) is 0 Å². The van der Waals surface area contributed by atoms with Gasteiger partial charge in [-0.25, -0.2) is 4.68 Å². The number of aromatic nitrogens is 2. The Morgan fingerprint density at radius 3 is 2.47 bits per heavy atom. The van der Waals surface area contributed by atoms with Gasteiger partial charge in [0, 0.05) is 0 Å². The minimum absolute atomic E-state index is 0.00429. The lowest BCUT2D eigenvalue weighted by molar-refractivity contribution is 0.230. The molecule has 1 aromatic heterocycles. The van der Waals surface area contributed by atoms with E-state index in [-0.39, 0.29) is 12.0 Å². The van der Waals surface area contributed by atoms with Crippen molar-refractivity contribution >= 4 is 0 Å². The van der Waals surface area contributed by atoms with E-state index in [1.165, 1.54) is 0 Å². The second-order valence-electron chi connectivity index (χ2n) is 8.05. The van der Waals surface area contributed by atoms with Crippen molar-refractivity contribution in [2.45, 2.75) is 39.7 Å². The Balaban J connectivity index is 1.89. The third-order valence-electron chi connectivity index (χ3n) is 5.39. The summed E-state index contributed by atoms with van der Waals surface area (Å²) in [5.74, 6) is 1.36. The van der Waals surface area contributed by atoms with Crippen LogP contribution in [0.3, 0.4) is 0 Å². The van der Waals surface area contributed by atoms with Crippen molar-refractivity contribution in [1.82, 2.24) is 9.78 Å². The van der Waals surface area contributed by atoms with Crippen molar-refractivity contribution in [3.63, 3.8) is 0 Å². The highest BCUT2D eigenvalue weighted by Crippen LogP contribution is 2.46. The molecule has 1 unspecified atom stereocenters. The van der Waals surface area contributed by atoms with E-state index >= 15 is 0 Å². The summed E-state index contributed by atoms with van der Waals surface area (Å²) in [7, 11) is 1.60. The first-order valence-corrected chi connectivity index (χ1v) is 10.4. The molecule has 0 saturated carbocycles. The molecule has 0 fully saturated rings. The van der Waals surface area contributed by atoms with Crippen LogP contribution < -0.4 is 19.9 Å². The van der Waals surface area contributed by atoms with Crippen molar-refractivity contribution in [2.75, 3.05) is 7.11 Å². The number of nitriles is 1. The summed E-state index contributed by atoms with van der Waals surface area (Å²) in [6.07, 6.45) is 0.00429. The number of methoxy groups -OCH3 is 1. The summed E-state index contributed by atoms with van der Waals surface area (Å²) in [6.45, 7) is 7.85. The number of nitrogens with zero attached hydrogens (tertiary/aromatic N) is 3. The molecule has 3 aromatic rings. The molecule has 0 saturated heterocycles. The lowest BCUT2D eigenvalue weighted by atomic mass is 9.84. The van der Waals surface area contributed by atoms with Crippen LogP contribution >= 0.6 is 0 Å². The standard InChI is InChI=1S/C25H26N4O3/c1-14(2)31-20-11-8-17(12-21(20)30-5)23-19(13-26)24(27)32-25-22(23)16(4)28-29(25)18-9-6-15(3)7-10-18/h6-12,14,23H,27H2,1-5H3. The second kappa shape index (κ2) is 8.31. The first-order valence-electron chi connectivity index (χ1n) is 10.4. The molecule has 0 amide bonds. The smallest absolute Gasteiger partial charge is 0.229 e. The van der Waals surface area contributed by atoms with Crippen LogP contribution in [0.2, 0.25) is 0 Å². The van der Waals surface area contributed by atoms with Gasteiger partial charge in [0.1, 0.15) is 11.6 Å². The predicted molar refractivity (Wildman–Crippen MR) is 121 cm³/mol. The average molecular weight is 431 g/mol. The van der Waals surface area contributed by atoms with Crippen LogP contribution in [0.25, 0.3) is 5.69 Å². The zero-order valence-electron chi connectivity index (χ0n) is 18.8. The molecule has 7 heteroatoms. The van der Waals surface area contributed by atoms with Gasteiger partial charge >= 0.3 is 0 Å². The number of nitrogens with two attached hydrogens (primary N) is 1. The molecule has 2 heterocycles. The van der Waals surface area contributed by atoms with Crippen LogP contribution in [-0.4, -0.2) is 23.0 Å². The van der Waals surface area contributed by atoms with E-state index in [1.807, 2.05) is 70.2 Å². The zero-order valence-corrected chi connectivity index (χ0v) is 18.8. The van der Waals surface area contributed by atoms with Crippen LogP contribution in [0.4, 0.5) is 0 Å². The third-order valence-corrected chi connectivity index (χ3v) is 5.39. The lowest BCUT2D eigenvalue weighted by Gasteiger charge is -2.25. The Morgan fingerprint density at radius 1 is 1.12 bits per heavy atom. The van der Waals surface area contributed by atoms with Crippen LogP contribution in [0.1, 0.15) is 42.1 Å². The summed E-state index contributed by atoms with van der Waals surface area (Å²) >= 11 is 0. The van der Waals surface area contributed by atoms with E-state index in [2.05, 4.69) is 6.07 Å². The van der Waals surface area contributed by atoms with Crippen molar-refractivity contribution in [1.29, 1.82) is 5.26 Å². The van der Waals surface area contributed by atoms with Crippen LogP contribution in [-0.2, 0) is 0 Å². The molecule has 2 aromatic carbocycles. The Morgan fingerprint density at radius 2 is 1.84 bits per heavy atom. The lowest BCUT2D eigenvalue weighted by Crippen LogP contribution is -2.22. The maximum Gasteiger partial charge on any atom is 0.229 e. The third kappa shape index (κ3) is 3.65. The molecule has 164 valence electrons. The minimum Gasteiger partial charge on any atom is -0.493 e. The number of hydrogen-bond acceptors (Lipinski definition) is 6. The van der Waals surface area contributed by atoms with Gasteiger partial charge in [0.05, 0.1) is 36.1 Å². The molecule has 1 aliphatic heterocycles. The minimum atomic E-state index is -0.440. The van der Waals surface area contributed by atoms with E-state index in [0.29, 0.717) is 23.0 Å². The van der Waals surface area contributed by atoms with E-state index in [4.69, 9.17) is 25.0 Å². The SMILES string of the molecule is COc1cc(C2C(C#N)=C(N)Oc3c2c(C)nn3-c2ccc(C)cc2)ccc1OC(C)C. The van der Waals surface area contributed by atoms with Gasteiger partial charge in [0.15, 0.2) is 11.5 Å². The molecule has 1 atom stereocenters. The van der Waals surface area contributed by atoms with Crippen molar-refractivity contribution in [3.05, 3.63) is 76.3 Å². The van der Waals surface area contributed by atoms with E-state index in [9.17, 15) is 5.26 Å². The normalized spacial score (nSPS) is 15.2. The number of fused-ring (bicyclic) bond motifs is 1. The van der Waals surface area contributed by atoms with E-state index in [1.54, 1.807) is 11.8 Å². The molecular formula is C25H26N4O3. The van der Waals surface area contributed by atoms with Gasteiger partial charge < -0.3 is 19.9 Å². The summed E-state index contributed by atoms with van der Waals surface area (Å²) in [4.78, 5) is 0. The second-order valence-corrected chi connectivity index (χ2v) is 8.05. The van der Waals surface area contributed by atoms with E-state index < -0.39 is 5.92 Å². The summed E-state index contributed by atoms with van der Waals surface area (Å²) < 4.78 is 19.1. The molecule has 0 radical (unpaired) electrons. The fourth-order valence-corrected chi connectivity index (χ4v) is 3.92. The monoisotopic (exact) mass is 430 g/mol. The molecule has 2 N–H and O–H groups in total. The summed E-state index contributed by atoms with van der Waals surface area (Å²) in [5, 5.41) is 14.6. The molecule has 7 nitrogen and oxygen atoms in total. The maximum absolute atomic E-state index is 9.91. The van der Waals surface area contributed by atoms with Gasteiger partial charge in [0.25, 0.3) is 0 Å². The molecule has 0 aliphatic carbocycles. The first-order chi connectivity index (χ1) is 15.3. The quantitative estimate of drug-likeness (QED) is 0.640. The molecule has 0 spiro atoms. The maximum atomic E-state index is 9.91. The molecule has 32 heavy (non-hydrogen) atoms. The fraction of sp³-hybridized carbons (Fsp3) is 0.280. The van der Waals surface area contributed by atoms with Crippen molar-refractivity contribution in [2.24, 2.45) is 5.73 Å². The fourth-order valence-electron chi connectivity index (χ4n) is 3.92. The Labute approximate surface area is 187 Å². The first kappa shape index (κ1) is 21.3. The highest BCUT2D eigenvalue weighted by Gasteiger charge is 2.36. The topological polar surface area (TPSA) is 95.3 Å². The number of rotatable bonds is 5. The highest BCUT2D eigenvalue weighted by molar-refractivity contribution is 5.59. The van der Waals surface area contributed by atoms with Crippen molar-refractivity contribution in [3.8, 4) is 29.1 Å². The molecule has 0 bridgehead atoms. The summed E-state index contributed by atoms with van der Waals surface area (Å²) in [5.41, 5.74) is 11.0. The van der Waals surface area contributed by atoms with E-state index in [0.717, 1.165) is 28.1 Å². The molecule has 1 aliphatic rings. The largest absolute Gasteiger partial charge is 0.493 e. The number of hydrogen-bond donors (Lipinski definition) is 1. The van der Waals surface area contributed by atoms with Gasteiger partial charge in [-0.1, -0.05) is 23.8 Å². The Bertz CT molecular complexity index is 1230. The van der Waals surface area contributed by atoms with Crippen LogP contribution in [0.15, 0.2) is 53.9 Å². The highest BCUT2D eigenvalue weighted by atomic mass is 16.5. The van der Waals surface area contributed by atoms with Crippen LogP contribution in [0, 0.1) is 25.2 Å². The van der Waals surface area contributed by atoms with Gasteiger partial charge in [-0.2, -0.15) is 10.4 Å². The molecular weight excluding hydrogens is 404 g/mol. The number of ether oxygens (including phenoxy) is 3. The van der Waals surface area contributed by atoms with Crippen molar-refractivity contribution < 1.29 is 14.2 Å². The molecule has 4 rings (SSSR count). The van der Waals surface area contributed by atoms with Gasteiger partial charge in [-0.3, -0.25) is 0 Å². The van der Waals surface area contributed by atoms with Crippen LogP contribution in [0.5, 0.6) is 17.4 Å². The number of benzene rings is 2. The van der Waals surface area contributed by atoms with Gasteiger partial charge in [-0.05, 0) is 57.5 Å². The Kier molecular flexibility index (Phi) is 5.54. The zero-order chi connectivity index (χ0) is 23.0. The predicted octanol–water partition coefficient (Wildman–Crippen LogP) is 4.50. The average Bonchev–Trinajstić information content (AvgIpc) is 3.09. The van der Waals surface area contributed by atoms with Gasteiger partial charge in [0.2, 0.25) is 11.8 Å². The number of aryl methyl sites for hydroxylation is 2. The summed E-state index contributed by atoms with van der Waals surface area (Å²) in [6, 6.07) is 15.9.